The topological polar surface area (TPSA) is 84.5 Å². The number of carbonyl (C=O) groups excluding carboxylic acids is 1. The molecule has 1 aromatic heterocycles. The fraction of sp³-hybridized carbons (Fsp3) is 0.238. The van der Waals surface area contributed by atoms with Gasteiger partial charge < -0.3 is 9.80 Å². The molecule has 0 atom stereocenters. The molecule has 2 aromatic carbocycles. The Labute approximate surface area is 168 Å². The van der Waals surface area contributed by atoms with E-state index in [1.165, 1.54) is 6.07 Å². The maximum atomic E-state index is 13.2. The molecular weight excluding hydrogens is 370 g/mol. The molecule has 0 bridgehead atoms. The normalized spacial score (nSPS) is 14.1. The van der Waals surface area contributed by atoms with Crippen LogP contribution in [0.4, 0.5) is 11.4 Å². The van der Waals surface area contributed by atoms with E-state index in [1.54, 1.807) is 16.8 Å². The molecule has 1 aliphatic rings. The number of aryl methyl sites for hydroxylation is 1. The van der Waals surface area contributed by atoms with Crippen LogP contribution in [0, 0.1) is 17.0 Å². The Bertz CT molecular complexity index is 1040. The first-order valence-electron chi connectivity index (χ1n) is 9.44. The van der Waals surface area contributed by atoms with E-state index in [2.05, 4.69) is 10.00 Å². The zero-order chi connectivity index (χ0) is 20.4. The molecule has 0 N–H and O–H groups in total. The van der Waals surface area contributed by atoms with Crippen molar-refractivity contribution in [3.8, 4) is 5.69 Å². The van der Waals surface area contributed by atoms with Gasteiger partial charge >= 0.3 is 0 Å². The highest BCUT2D eigenvalue weighted by Crippen LogP contribution is 2.23. The summed E-state index contributed by atoms with van der Waals surface area (Å²) in [4.78, 5) is 27.6. The van der Waals surface area contributed by atoms with Crippen molar-refractivity contribution in [3.05, 3.63) is 82.2 Å². The lowest BCUT2D eigenvalue weighted by Gasteiger charge is -2.36. The van der Waals surface area contributed by atoms with E-state index in [1.807, 2.05) is 54.3 Å². The van der Waals surface area contributed by atoms with Gasteiger partial charge in [0.15, 0.2) is 0 Å². The molecule has 3 aromatic rings. The molecule has 0 saturated carbocycles. The lowest BCUT2D eigenvalue weighted by Crippen LogP contribution is -2.49. The monoisotopic (exact) mass is 391 g/mol. The quantitative estimate of drug-likeness (QED) is 0.504. The maximum Gasteiger partial charge on any atom is 0.272 e. The molecule has 0 unspecified atom stereocenters. The van der Waals surface area contributed by atoms with Gasteiger partial charge in [-0.3, -0.25) is 14.9 Å². The third-order valence-electron chi connectivity index (χ3n) is 5.02. The van der Waals surface area contributed by atoms with E-state index in [0.717, 1.165) is 17.1 Å². The number of anilines is 1. The first-order chi connectivity index (χ1) is 14.0. The number of para-hydroxylation sites is 1. The first-order valence-corrected chi connectivity index (χ1v) is 9.44. The van der Waals surface area contributed by atoms with Gasteiger partial charge in [-0.15, -0.1) is 0 Å². The van der Waals surface area contributed by atoms with Crippen LogP contribution in [0.5, 0.6) is 0 Å². The lowest BCUT2D eigenvalue weighted by molar-refractivity contribution is -0.384. The molecule has 0 aliphatic carbocycles. The van der Waals surface area contributed by atoms with Crippen LogP contribution in [0.3, 0.4) is 0 Å². The Kier molecular flexibility index (Phi) is 4.99. The minimum atomic E-state index is -0.393. The van der Waals surface area contributed by atoms with Crippen LogP contribution in [-0.4, -0.2) is 51.7 Å². The number of non-ortho nitro benzene ring substituents is 1. The van der Waals surface area contributed by atoms with Crippen molar-refractivity contribution < 1.29 is 9.72 Å². The van der Waals surface area contributed by atoms with Crippen molar-refractivity contribution in [2.24, 2.45) is 0 Å². The number of carbonyl (C=O) groups is 1. The first kappa shape index (κ1) is 18.7. The molecule has 1 aliphatic heterocycles. The number of hydrogen-bond donors (Lipinski definition) is 0. The number of piperazine rings is 1. The summed E-state index contributed by atoms with van der Waals surface area (Å²) in [7, 11) is 0. The SMILES string of the molecule is Cc1cc(C(=O)N2CCN(c3cccc([N+](=O)[O-])c3)CC2)n(-c2ccccc2)n1. The van der Waals surface area contributed by atoms with Gasteiger partial charge in [-0.05, 0) is 31.2 Å². The summed E-state index contributed by atoms with van der Waals surface area (Å²) >= 11 is 0. The number of nitro groups is 1. The van der Waals surface area contributed by atoms with E-state index in [4.69, 9.17) is 0 Å². The minimum absolute atomic E-state index is 0.0619. The fourth-order valence-electron chi connectivity index (χ4n) is 3.55. The lowest BCUT2D eigenvalue weighted by atomic mass is 10.2. The van der Waals surface area contributed by atoms with E-state index < -0.39 is 4.92 Å². The molecule has 2 heterocycles. The van der Waals surface area contributed by atoms with Gasteiger partial charge in [-0.25, -0.2) is 4.68 Å². The number of nitrogens with zero attached hydrogens (tertiary/aromatic N) is 5. The van der Waals surface area contributed by atoms with E-state index >= 15 is 0 Å². The largest absolute Gasteiger partial charge is 0.368 e. The predicted molar refractivity (Wildman–Crippen MR) is 110 cm³/mol. The summed E-state index contributed by atoms with van der Waals surface area (Å²) in [6, 6.07) is 18.0. The Hall–Kier alpha value is -3.68. The van der Waals surface area contributed by atoms with Crippen LogP contribution in [0.1, 0.15) is 16.2 Å². The van der Waals surface area contributed by atoms with Crippen LogP contribution in [0.25, 0.3) is 5.69 Å². The number of aromatic nitrogens is 2. The number of amides is 1. The zero-order valence-corrected chi connectivity index (χ0v) is 16.1. The third-order valence-corrected chi connectivity index (χ3v) is 5.02. The highest BCUT2D eigenvalue weighted by atomic mass is 16.6. The molecular formula is C21H21N5O3. The van der Waals surface area contributed by atoms with Gasteiger partial charge in [0.1, 0.15) is 5.69 Å². The van der Waals surface area contributed by atoms with E-state index in [0.29, 0.717) is 31.9 Å². The molecule has 8 heteroatoms. The van der Waals surface area contributed by atoms with Gasteiger partial charge in [0.2, 0.25) is 0 Å². The van der Waals surface area contributed by atoms with Crippen molar-refractivity contribution in [1.82, 2.24) is 14.7 Å². The van der Waals surface area contributed by atoms with Crippen LogP contribution in [-0.2, 0) is 0 Å². The smallest absolute Gasteiger partial charge is 0.272 e. The van der Waals surface area contributed by atoms with Crippen molar-refractivity contribution in [3.63, 3.8) is 0 Å². The van der Waals surface area contributed by atoms with Gasteiger partial charge in [0.25, 0.3) is 11.6 Å². The maximum absolute atomic E-state index is 13.2. The Morgan fingerprint density at radius 1 is 0.966 bits per heavy atom. The second-order valence-electron chi connectivity index (χ2n) is 6.97. The molecule has 1 saturated heterocycles. The summed E-state index contributed by atoms with van der Waals surface area (Å²) in [5.74, 6) is -0.0619. The van der Waals surface area contributed by atoms with Crippen molar-refractivity contribution in [2.45, 2.75) is 6.92 Å². The third kappa shape index (κ3) is 3.82. The predicted octanol–water partition coefficient (Wildman–Crippen LogP) is 3.05. The summed E-state index contributed by atoms with van der Waals surface area (Å²) in [6.45, 7) is 4.19. The minimum Gasteiger partial charge on any atom is -0.368 e. The number of rotatable bonds is 4. The number of hydrogen-bond acceptors (Lipinski definition) is 5. The van der Waals surface area contributed by atoms with Crippen molar-refractivity contribution in [1.29, 1.82) is 0 Å². The van der Waals surface area contributed by atoms with Gasteiger partial charge in [0.05, 0.1) is 16.3 Å². The van der Waals surface area contributed by atoms with Crippen LogP contribution in [0.2, 0.25) is 0 Å². The summed E-state index contributed by atoms with van der Waals surface area (Å²) in [5, 5.41) is 15.5. The summed E-state index contributed by atoms with van der Waals surface area (Å²) in [6.07, 6.45) is 0. The van der Waals surface area contributed by atoms with Crippen LogP contribution >= 0.6 is 0 Å². The average molecular weight is 391 g/mol. The van der Waals surface area contributed by atoms with Crippen molar-refractivity contribution in [2.75, 3.05) is 31.1 Å². The molecule has 148 valence electrons. The Balaban J connectivity index is 1.49. The van der Waals surface area contributed by atoms with Gasteiger partial charge in [-0.2, -0.15) is 5.10 Å². The second kappa shape index (κ2) is 7.75. The van der Waals surface area contributed by atoms with E-state index in [-0.39, 0.29) is 11.6 Å². The molecule has 1 fully saturated rings. The van der Waals surface area contributed by atoms with E-state index in [9.17, 15) is 14.9 Å². The van der Waals surface area contributed by atoms with Crippen molar-refractivity contribution >= 4 is 17.3 Å². The van der Waals surface area contributed by atoms with Crippen LogP contribution in [0.15, 0.2) is 60.7 Å². The highest BCUT2D eigenvalue weighted by molar-refractivity contribution is 5.93. The molecule has 0 spiro atoms. The molecule has 8 nitrogen and oxygen atoms in total. The molecule has 1 amide bonds. The summed E-state index contributed by atoms with van der Waals surface area (Å²) < 4.78 is 1.69. The van der Waals surface area contributed by atoms with Gasteiger partial charge in [0, 0.05) is 44.0 Å². The van der Waals surface area contributed by atoms with Crippen LogP contribution < -0.4 is 4.90 Å². The zero-order valence-electron chi connectivity index (χ0n) is 16.1. The second-order valence-corrected chi connectivity index (χ2v) is 6.97. The van der Waals surface area contributed by atoms with Gasteiger partial charge in [-0.1, -0.05) is 24.3 Å². The average Bonchev–Trinajstić information content (AvgIpc) is 3.16. The molecule has 0 radical (unpaired) electrons. The highest BCUT2D eigenvalue weighted by Gasteiger charge is 2.26. The Morgan fingerprint density at radius 2 is 1.66 bits per heavy atom. The standard InChI is InChI=1S/C21H21N5O3/c1-16-14-20(25(22-16)17-6-3-2-4-7-17)21(27)24-12-10-23(11-13-24)18-8-5-9-19(15-18)26(28)29/h2-9,14-15H,10-13H2,1H3. The summed E-state index contributed by atoms with van der Waals surface area (Å²) in [5.41, 5.74) is 3.05. The molecule has 29 heavy (non-hydrogen) atoms. The number of benzene rings is 2. The number of nitro benzene ring substituents is 1. The fourth-order valence-corrected chi connectivity index (χ4v) is 3.55. The Morgan fingerprint density at radius 3 is 2.34 bits per heavy atom. The molecule has 4 rings (SSSR count).